The zero-order chi connectivity index (χ0) is 24.1. The number of hydrogen-bond acceptors (Lipinski definition) is 5. The highest BCUT2D eigenvalue weighted by molar-refractivity contribution is 5.90. The summed E-state index contributed by atoms with van der Waals surface area (Å²) in [6.07, 6.45) is -0.765. The first-order valence-corrected chi connectivity index (χ1v) is 11.7. The van der Waals surface area contributed by atoms with Crippen LogP contribution in [0.2, 0.25) is 0 Å². The number of anilines is 1. The fraction of sp³-hybridized carbons (Fsp3) is 0.462. The molecule has 5 nitrogen and oxygen atoms in total. The Morgan fingerprint density at radius 1 is 1.06 bits per heavy atom. The number of hydrogen-bond donors (Lipinski definition) is 3. The number of aliphatic hydroxyl groups is 1. The van der Waals surface area contributed by atoms with Crippen LogP contribution in [0.4, 0.5) is 19.0 Å². The highest BCUT2D eigenvalue weighted by Gasteiger charge is 2.54. The van der Waals surface area contributed by atoms with Gasteiger partial charge >= 0.3 is 6.18 Å². The van der Waals surface area contributed by atoms with Gasteiger partial charge in [-0.2, -0.15) is 13.2 Å². The highest BCUT2D eigenvalue weighted by atomic mass is 19.4. The van der Waals surface area contributed by atoms with Crippen LogP contribution >= 0.6 is 0 Å². The van der Waals surface area contributed by atoms with E-state index in [1.807, 2.05) is 25.1 Å². The zero-order valence-corrected chi connectivity index (χ0v) is 19.3. The lowest BCUT2D eigenvalue weighted by Gasteiger charge is -2.55. The van der Waals surface area contributed by atoms with E-state index in [4.69, 9.17) is 0 Å². The summed E-state index contributed by atoms with van der Waals surface area (Å²) in [5.41, 5.74) is 0.739. The van der Waals surface area contributed by atoms with Crippen LogP contribution < -0.4 is 10.6 Å². The largest absolute Gasteiger partial charge is 0.416 e. The van der Waals surface area contributed by atoms with Gasteiger partial charge in [-0.15, -0.1) is 0 Å². The van der Waals surface area contributed by atoms with Gasteiger partial charge in [0.15, 0.2) is 0 Å². The summed E-state index contributed by atoms with van der Waals surface area (Å²) in [6, 6.07) is 10.7. The lowest BCUT2D eigenvalue weighted by atomic mass is 9.53. The van der Waals surface area contributed by atoms with Crippen molar-refractivity contribution in [1.29, 1.82) is 0 Å². The molecule has 1 spiro atoms. The van der Waals surface area contributed by atoms with Gasteiger partial charge in [-0.1, -0.05) is 18.2 Å². The standard InChI is InChI=1S/C26H29F3N4O/c1-16(18-4-3-5-20(12-18)26(27,28)29)31-23-21-13-19(6-7-22(21)32-17(2)33-23)25(34)14-24(15-25)8-10-30-11-9-24/h3-7,12-13,16,30,34H,8-11,14-15H2,1-2H3,(H,31,32,33)/t16-/m1/s1. The SMILES string of the molecule is Cc1nc(N[C@H](C)c2cccc(C(F)(F)F)c2)c2cc(C3(O)CC4(CCNCC4)C3)ccc2n1. The molecule has 0 radical (unpaired) electrons. The van der Waals surface area contributed by atoms with Gasteiger partial charge in [0.2, 0.25) is 0 Å². The van der Waals surface area contributed by atoms with E-state index in [-0.39, 0.29) is 5.41 Å². The van der Waals surface area contributed by atoms with Crippen LogP contribution in [0, 0.1) is 12.3 Å². The molecule has 34 heavy (non-hydrogen) atoms. The first-order chi connectivity index (χ1) is 16.1. The van der Waals surface area contributed by atoms with Crippen LogP contribution in [0.5, 0.6) is 0 Å². The molecule has 1 aromatic heterocycles. The predicted octanol–water partition coefficient (Wildman–Crippen LogP) is 5.48. The van der Waals surface area contributed by atoms with E-state index in [0.29, 0.717) is 17.2 Å². The van der Waals surface area contributed by atoms with Crippen LogP contribution in [0.25, 0.3) is 10.9 Å². The number of nitrogens with zero attached hydrogens (tertiary/aromatic N) is 2. The van der Waals surface area contributed by atoms with E-state index >= 15 is 0 Å². The molecule has 3 aromatic rings. The van der Waals surface area contributed by atoms with Gasteiger partial charge in [0.25, 0.3) is 0 Å². The first-order valence-electron chi connectivity index (χ1n) is 11.7. The lowest BCUT2D eigenvalue weighted by molar-refractivity contribution is -0.146. The van der Waals surface area contributed by atoms with Crippen molar-refractivity contribution >= 4 is 16.7 Å². The maximum Gasteiger partial charge on any atom is 0.416 e. The maximum absolute atomic E-state index is 13.2. The number of fused-ring (bicyclic) bond motifs is 1. The number of aromatic nitrogens is 2. The molecule has 2 heterocycles. The van der Waals surface area contributed by atoms with Gasteiger partial charge in [-0.05, 0) is 93.4 Å². The molecule has 0 bridgehead atoms. The molecule has 2 aromatic carbocycles. The molecule has 180 valence electrons. The Bertz CT molecular complexity index is 1210. The Kier molecular flexibility index (Phi) is 5.56. The summed E-state index contributed by atoms with van der Waals surface area (Å²) in [4.78, 5) is 9.08. The maximum atomic E-state index is 13.2. The molecule has 1 saturated carbocycles. The second-order valence-corrected chi connectivity index (χ2v) is 9.98. The third-order valence-corrected chi connectivity index (χ3v) is 7.41. The Labute approximate surface area is 196 Å². The van der Waals surface area contributed by atoms with E-state index in [0.717, 1.165) is 67.4 Å². The summed E-state index contributed by atoms with van der Waals surface area (Å²) in [7, 11) is 0. The average molecular weight is 471 g/mol. The molecule has 1 aliphatic carbocycles. The summed E-state index contributed by atoms with van der Waals surface area (Å²) < 4.78 is 39.5. The number of halogens is 3. The number of nitrogens with one attached hydrogen (secondary N) is 2. The van der Waals surface area contributed by atoms with E-state index in [2.05, 4.69) is 20.6 Å². The quantitative estimate of drug-likeness (QED) is 0.471. The van der Waals surface area contributed by atoms with Crippen molar-refractivity contribution < 1.29 is 18.3 Å². The minimum Gasteiger partial charge on any atom is -0.385 e. The van der Waals surface area contributed by atoms with Crippen molar-refractivity contribution in [2.24, 2.45) is 5.41 Å². The third-order valence-electron chi connectivity index (χ3n) is 7.41. The fourth-order valence-electron chi connectivity index (χ4n) is 5.62. The van der Waals surface area contributed by atoms with E-state index in [9.17, 15) is 18.3 Å². The second kappa shape index (κ2) is 8.20. The molecule has 5 rings (SSSR count). The average Bonchev–Trinajstić information content (AvgIpc) is 2.78. The van der Waals surface area contributed by atoms with Crippen molar-refractivity contribution in [2.45, 2.75) is 57.3 Å². The topological polar surface area (TPSA) is 70.1 Å². The number of aryl methyl sites for hydroxylation is 1. The zero-order valence-electron chi connectivity index (χ0n) is 19.3. The summed E-state index contributed by atoms with van der Waals surface area (Å²) in [6.45, 7) is 5.57. The molecular formula is C26H29F3N4O. The van der Waals surface area contributed by atoms with Crippen LogP contribution in [0.1, 0.15) is 61.2 Å². The minimum atomic E-state index is -4.40. The van der Waals surface area contributed by atoms with Crippen molar-refractivity contribution in [3.63, 3.8) is 0 Å². The van der Waals surface area contributed by atoms with Crippen molar-refractivity contribution in [1.82, 2.24) is 15.3 Å². The molecule has 1 aliphatic heterocycles. The number of piperidine rings is 1. The van der Waals surface area contributed by atoms with E-state index in [1.54, 1.807) is 13.0 Å². The van der Waals surface area contributed by atoms with Crippen LogP contribution in [0.3, 0.4) is 0 Å². The Hall–Kier alpha value is -2.71. The van der Waals surface area contributed by atoms with Gasteiger partial charge in [-0.3, -0.25) is 0 Å². The van der Waals surface area contributed by atoms with Crippen LogP contribution in [-0.2, 0) is 11.8 Å². The summed E-state index contributed by atoms with van der Waals surface area (Å²) in [5.74, 6) is 1.11. The number of rotatable bonds is 4. The van der Waals surface area contributed by atoms with Gasteiger partial charge in [0.05, 0.1) is 16.7 Å². The Balaban J connectivity index is 1.45. The van der Waals surface area contributed by atoms with Gasteiger partial charge in [-0.25, -0.2) is 9.97 Å². The van der Waals surface area contributed by atoms with E-state index < -0.39 is 23.4 Å². The van der Waals surface area contributed by atoms with Crippen LogP contribution in [-0.4, -0.2) is 28.2 Å². The fourth-order valence-corrected chi connectivity index (χ4v) is 5.62. The smallest absolute Gasteiger partial charge is 0.385 e. The lowest BCUT2D eigenvalue weighted by Crippen LogP contribution is -2.53. The van der Waals surface area contributed by atoms with Crippen LogP contribution in [0.15, 0.2) is 42.5 Å². The first kappa shape index (κ1) is 23.1. The summed E-state index contributed by atoms with van der Waals surface area (Å²) >= 11 is 0. The van der Waals surface area contributed by atoms with Gasteiger partial charge in [0.1, 0.15) is 11.6 Å². The van der Waals surface area contributed by atoms with Crippen molar-refractivity contribution in [3.05, 3.63) is 65.0 Å². The predicted molar refractivity (Wildman–Crippen MR) is 125 cm³/mol. The van der Waals surface area contributed by atoms with Gasteiger partial charge in [0, 0.05) is 11.4 Å². The molecule has 8 heteroatoms. The molecule has 0 amide bonds. The summed E-state index contributed by atoms with van der Waals surface area (Å²) in [5, 5.41) is 18.8. The van der Waals surface area contributed by atoms with Crippen molar-refractivity contribution in [3.8, 4) is 0 Å². The molecule has 1 atom stereocenters. The number of benzene rings is 2. The normalized spacial score (nSPS) is 20.2. The minimum absolute atomic E-state index is 0.206. The third kappa shape index (κ3) is 4.25. The highest BCUT2D eigenvalue weighted by Crippen LogP contribution is 2.58. The molecule has 2 aliphatic rings. The van der Waals surface area contributed by atoms with E-state index in [1.165, 1.54) is 6.07 Å². The van der Waals surface area contributed by atoms with Gasteiger partial charge < -0.3 is 15.7 Å². The molecule has 1 saturated heterocycles. The molecular weight excluding hydrogens is 441 g/mol. The molecule has 2 fully saturated rings. The molecule has 0 unspecified atom stereocenters. The van der Waals surface area contributed by atoms with Crippen molar-refractivity contribution in [2.75, 3.05) is 18.4 Å². The molecule has 3 N–H and O–H groups in total. The Morgan fingerprint density at radius 3 is 2.50 bits per heavy atom. The monoisotopic (exact) mass is 470 g/mol. The number of alkyl halides is 3. The second-order valence-electron chi connectivity index (χ2n) is 9.98. The Morgan fingerprint density at radius 2 is 1.79 bits per heavy atom.